The summed E-state index contributed by atoms with van der Waals surface area (Å²) >= 11 is 3.18. The Morgan fingerprint density at radius 2 is 1.14 bits per heavy atom. The molecule has 0 fully saturated rings. The van der Waals surface area contributed by atoms with Crippen LogP contribution in [-0.4, -0.2) is 50.7 Å². The Morgan fingerprint density at radius 1 is 0.714 bits per heavy atom. The van der Waals surface area contributed by atoms with E-state index in [1.807, 2.05) is 39.8 Å². The van der Waals surface area contributed by atoms with Gasteiger partial charge in [0.2, 0.25) is 10.3 Å². The third-order valence-electron chi connectivity index (χ3n) is 3.98. The van der Waals surface area contributed by atoms with Crippen molar-refractivity contribution in [1.82, 2.24) is 39.2 Å². The van der Waals surface area contributed by atoms with Crippen molar-refractivity contribution in [2.45, 2.75) is 38.0 Å². The highest BCUT2D eigenvalue weighted by atomic mass is 32.2. The van der Waals surface area contributed by atoms with Crippen LogP contribution in [0.2, 0.25) is 0 Å². The van der Waals surface area contributed by atoms with E-state index in [0.29, 0.717) is 11.6 Å². The van der Waals surface area contributed by atoms with Crippen LogP contribution in [0.1, 0.15) is 22.8 Å². The van der Waals surface area contributed by atoms with Crippen molar-refractivity contribution >= 4 is 35.1 Å². The van der Waals surface area contributed by atoms with Crippen molar-refractivity contribution in [2.75, 3.05) is 11.5 Å². The summed E-state index contributed by atoms with van der Waals surface area (Å²) < 4.78 is 3.56. The monoisotopic (exact) mass is 412 g/mol. The number of hydrogen-bond acceptors (Lipinski definition) is 8. The zero-order valence-electron chi connectivity index (χ0n) is 16.1. The van der Waals surface area contributed by atoms with Gasteiger partial charge in [-0.05, 0) is 39.8 Å². The van der Waals surface area contributed by atoms with Crippen molar-refractivity contribution in [1.29, 1.82) is 0 Å². The zero-order chi connectivity index (χ0) is 19.7. The number of rotatable bonds is 6. The van der Waals surface area contributed by atoms with Crippen LogP contribution in [0.5, 0.6) is 0 Å². The van der Waals surface area contributed by atoms with Gasteiger partial charge in [0.1, 0.15) is 0 Å². The average Bonchev–Trinajstić information content (AvgIpc) is 3.21. The highest BCUT2D eigenvalue weighted by Gasteiger charge is 2.08. The summed E-state index contributed by atoms with van der Waals surface area (Å²) in [4.78, 5) is 17.8. The number of nitrogens with zero attached hydrogens (tertiary/aromatic N) is 8. The molecule has 0 bridgehead atoms. The van der Waals surface area contributed by atoms with Gasteiger partial charge in [0.25, 0.3) is 11.6 Å². The maximum Gasteiger partial charge on any atom is 0.253 e. The molecule has 4 aromatic rings. The van der Waals surface area contributed by atoms with Crippen LogP contribution >= 0.6 is 23.5 Å². The van der Waals surface area contributed by atoms with Crippen LogP contribution in [0.3, 0.4) is 0 Å². The SMILES string of the molecule is Cc1cc(C)n2nc(SC/C=C/CSc3nc4nc(C)cc(C)n4n3)nc2n1. The van der Waals surface area contributed by atoms with E-state index < -0.39 is 0 Å². The smallest absolute Gasteiger partial charge is 0.216 e. The standard InChI is InChI=1S/C18H20N8S2/c1-11-9-13(3)25-15(19-11)21-17(23-25)27-7-5-6-8-28-18-22-16-20-12(2)10-14(4)26(16)24-18/h5-6,9-10H,7-8H2,1-4H3/b6-5+. The predicted octanol–water partition coefficient (Wildman–Crippen LogP) is 3.24. The Labute approximate surface area is 170 Å². The molecule has 0 N–H and O–H groups in total. The van der Waals surface area contributed by atoms with Crippen molar-refractivity contribution in [3.8, 4) is 0 Å². The van der Waals surface area contributed by atoms with E-state index in [1.54, 1.807) is 32.6 Å². The van der Waals surface area contributed by atoms with Crippen LogP contribution in [0.25, 0.3) is 11.6 Å². The molecule has 144 valence electrons. The summed E-state index contributed by atoms with van der Waals surface area (Å²) in [5.74, 6) is 2.90. The molecule has 10 heteroatoms. The molecule has 0 aromatic carbocycles. The minimum absolute atomic E-state index is 0.650. The van der Waals surface area contributed by atoms with Crippen LogP contribution in [0, 0.1) is 27.7 Å². The fourth-order valence-corrected chi connectivity index (χ4v) is 4.13. The van der Waals surface area contributed by atoms with E-state index >= 15 is 0 Å². The topological polar surface area (TPSA) is 86.2 Å². The van der Waals surface area contributed by atoms with Gasteiger partial charge in [-0.2, -0.15) is 9.97 Å². The van der Waals surface area contributed by atoms with Crippen molar-refractivity contribution in [3.63, 3.8) is 0 Å². The molecule has 0 aliphatic carbocycles. The van der Waals surface area contributed by atoms with E-state index in [0.717, 1.165) is 44.6 Å². The lowest BCUT2D eigenvalue weighted by atomic mass is 10.4. The van der Waals surface area contributed by atoms with Gasteiger partial charge < -0.3 is 0 Å². The summed E-state index contributed by atoms with van der Waals surface area (Å²) in [6, 6.07) is 4.00. The second-order valence-corrected chi connectivity index (χ2v) is 8.36. The number of thioether (sulfide) groups is 2. The number of fused-ring (bicyclic) bond motifs is 2. The highest BCUT2D eigenvalue weighted by molar-refractivity contribution is 7.99. The first-order chi connectivity index (χ1) is 13.5. The van der Waals surface area contributed by atoms with Gasteiger partial charge in [-0.25, -0.2) is 19.0 Å². The summed E-state index contributed by atoms with van der Waals surface area (Å²) in [6.45, 7) is 7.94. The lowest BCUT2D eigenvalue weighted by molar-refractivity contribution is 0.843. The molecule has 28 heavy (non-hydrogen) atoms. The molecule has 8 nitrogen and oxygen atoms in total. The molecule has 0 saturated heterocycles. The predicted molar refractivity (Wildman–Crippen MR) is 111 cm³/mol. The molecule has 0 saturated carbocycles. The molecule has 0 aliphatic heterocycles. The summed E-state index contributed by atoms with van der Waals surface area (Å²) in [5, 5.41) is 10.5. The van der Waals surface area contributed by atoms with Crippen LogP contribution in [0.4, 0.5) is 0 Å². The molecule has 0 aliphatic rings. The normalized spacial score (nSPS) is 12.0. The Hall–Kier alpha value is -2.46. The van der Waals surface area contributed by atoms with Crippen LogP contribution < -0.4 is 0 Å². The van der Waals surface area contributed by atoms with Crippen molar-refractivity contribution in [3.05, 3.63) is 47.1 Å². The fourth-order valence-electron chi connectivity index (χ4n) is 2.80. The first-order valence-electron chi connectivity index (χ1n) is 8.82. The Kier molecular flexibility index (Phi) is 5.31. The quantitative estimate of drug-likeness (QED) is 0.352. The Balaban J connectivity index is 1.31. The maximum atomic E-state index is 4.50. The molecule has 0 spiro atoms. The van der Waals surface area contributed by atoms with Gasteiger partial charge in [0.15, 0.2) is 0 Å². The first-order valence-corrected chi connectivity index (χ1v) is 10.8. The van der Waals surface area contributed by atoms with E-state index in [9.17, 15) is 0 Å². The third kappa shape index (κ3) is 4.02. The van der Waals surface area contributed by atoms with Crippen LogP contribution in [0.15, 0.2) is 34.6 Å². The van der Waals surface area contributed by atoms with Gasteiger partial charge >= 0.3 is 0 Å². The molecule has 4 rings (SSSR count). The van der Waals surface area contributed by atoms with Gasteiger partial charge in [-0.3, -0.25) is 0 Å². The van der Waals surface area contributed by atoms with Gasteiger partial charge in [0.05, 0.1) is 0 Å². The lowest BCUT2D eigenvalue weighted by Gasteiger charge is -1.97. The van der Waals surface area contributed by atoms with Crippen molar-refractivity contribution in [2.24, 2.45) is 0 Å². The van der Waals surface area contributed by atoms with Crippen molar-refractivity contribution < 1.29 is 0 Å². The van der Waals surface area contributed by atoms with E-state index in [1.165, 1.54) is 0 Å². The minimum Gasteiger partial charge on any atom is -0.216 e. The number of hydrogen-bond donors (Lipinski definition) is 0. The second-order valence-electron chi connectivity index (χ2n) is 6.38. The van der Waals surface area contributed by atoms with E-state index in [4.69, 9.17) is 0 Å². The lowest BCUT2D eigenvalue weighted by Crippen LogP contribution is -1.97. The fraction of sp³-hybridized carbons (Fsp3) is 0.333. The van der Waals surface area contributed by atoms with Gasteiger partial charge in [-0.1, -0.05) is 35.7 Å². The van der Waals surface area contributed by atoms with Gasteiger partial charge in [0, 0.05) is 34.3 Å². The van der Waals surface area contributed by atoms with E-state index in [2.05, 4.69) is 42.3 Å². The number of aryl methyl sites for hydroxylation is 4. The molecule has 0 unspecified atom stereocenters. The first kappa shape index (κ1) is 18.9. The summed E-state index contributed by atoms with van der Waals surface area (Å²) in [6.07, 6.45) is 4.22. The van der Waals surface area contributed by atoms with E-state index in [-0.39, 0.29) is 0 Å². The molecule has 0 atom stereocenters. The second kappa shape index (κ2) is 7.88. The Bertz CT molecular complexity index is 1090. The van der Waals surface area contributed by atoms with Crippen LogP contribution in [-0.2, 0) is 0 Å². The average molecular weight is 413 g/mol. The Morgan fingerprint density at radius 3 is 1.57 bits per heavy atom. The molecule has 4 heterocycles. The molecule has 0 amide bonds. The highest BCUT2D eigenvalue weighted by Crippen LogP contribution is 2.17. The largest absolute Gasteiger partial charge is 0.253 e. The summed E-state index contributed by atoms with van der Waals surface area (Å²) in [5.41, 5.74) is 3.97. The molecular weight excluding hydrogens is 392 g/mol. The zero-order valence-corrected chi connectivity index (χ0v) is 17.8. The third-order valence-corrected chi connectivity index (χ3v) is 5.56. The molecular formula is C18H20N8S2. The molecule has 0 radical (unpaired) electrons. The maximum absolute atomic E-state index is 4.50. The van der Waals surface area contributed by atoms with Gasteiger partial charge in [-0.15, -0.1) is 10.2 Å². The minimum atomic E-state index is 0.650. The number of aromatic nitrogens is 8. The summed E-state index contributed by atoms with van der Waals surface area (Å²) in [7, 11) is 0. The molecule has 4 aromatic heterocycles.